The van der Waals surface area contributed by atoms with Crippen molar-refractivity contribution in [3.8, 4) is 0 Å². The van der Waals surface area contributed by atoms with Crippen LogP contribution in [0.4, 0.5) is 0 Å². The van der Waals surface area contributed by atoms with E-state index in [4.69, 9.17) is 0 Å². The Hall–Kier alpha value is -0.980. The minimum Gasteiger partial charge on any atom is -0.310 e. The number of rotatable bonds is 5. The van der Waals surface area contributed by atoms with Crippen molar-refractivity contribution in [3.05, 3.63) is 23.9 Å². The van der Waals surface area contributed by atoms with Gasteiger partial charge in [0, 0.05) is 31.4 Å². The van der Waals surface area contributed by atoms with Crippen LogP contribution in [0.1, 0.15) is 38.2 Å². The summed E-state index contributed by atoms with van der Waals surface area (Å²) in [5.74, 6) is 0. The molecule has 1 aliphatic heterocycles. The first-order chi connectivity index (χ1) is 9.57. The summed E-state index contributed by atoms with van der Waals surface area (Å²) in [7, 11) is -3.42. The summed E-state index contributed by atoms with van der Waals surface area (Å²) in [6.45, 7) is 3.33. The van der Waals surface area contributed by atoms with E-state index in [1.165, 1.54) is 12.8 Å². The molecule has 0 bridgehead atoms. The fourth-order valence-corrected chi connectivity index (χ4v) is 4.22. The number of hydrogen-bond acceptors (Lipinski definition) is 4. The third-order valence-electron chi connectivity index (χ3n) is 4.03. The van der Waals surface area contributed by atoms with Gasteiger partial charge in [-0.25, -0.2) is 13.4 Å². The van der Waals surface area contributed by atoms with Gasteiger partial charge in [0.2, 0.25) is 0 Å². The summed E-state index contributed by atoms with van der Waals surface area (Å²) in [6.07, 6.45) is 6.02. The molecule has 0 aromatic carbocycles. The van der Waals surface area contributed by atoms with Crippen LogP contribution in [0.15, 0.2) is 23.4 Å². The minimum absolute atomic E-state index is 0.0815. The van der Waals surface area contributed by atoms with Crippen LogP contribution in [0.25, 0.3) is 0 Å². The van der Waals surface area contributed by atoms with E-state index in [1.807, 2.05) is 13.0 Å². The third-order valence-corrected chi connectivity index (χ3v) is 5.96. The molecule has 1 saturated carbocycles. The Kier molecular flexibility index (Phi) is 3.79. The van der Waals surface area contributed by atoms with Crippen LogP contribution in [0.3, 0.4) is 0 Å². The lowest BCUT2D eigenvalue weighted by Gasteiger charge is -2.20. The molecular formula is C14H21N3O2S. The Morgan fingerprint density at radius 3 is 2.70 bits per heavy atom. The van der Waals surface area contributed by atoms with Crippen LogP contribution in [0, 0.1) is 0 Å². The Balaban J connectivity index is 1.72. The molecular weight excluding hydrogens is 274 g/mol. The second-order valence-corrected chi connectivity index (χ2v) is 7.60. The first-order valence-corrected chi connectivity index (χ1v) is 8.71. The van der Waals surface area contributed by atoms with Crippen molar-refractivity contribution in [2.24, 2.45) is 0 Å². The van der Waals surface area contributed by atoms with E-state index in [9.17, 15) is 8.42 Å². The van der Waals surface area contributed by atoms with Crippen molar-refractivity contribution in [3.63, 3.8) is 0 Å². The van der Waals surface area contributed by atoms with Crippen molar-refractivity contribution in [2.75, 3.05) is 6.54 Å². The smallest absolute Gasteiger partial charge is 0.260 e. The van der Waals surface area contributed by atoms with Crippen LogP contribution in [-0.2, 0) is 16.6 Å². The van der Waals surface area contributed by atoms with Crippen LogP contribution in [-0.4, -0.2) is 36.3 Å². The monoisotopic (exact) mass is 295 g/mol. The zero-order chi connectivity index (χ0) is 14.2. The van der Waals surface area contributed by atoms with E-state index >= 15 is 0 Å². The fourth-order valence-electron chi connectivity index (χ4n) is 2.60. The van der Waals surface area contributed by atoms with E-state index in [-0.39, 0.29) is 11.1 Å². The maximum Gasteiger partial charge on any atom is 0.260 e. The van der Waals surface area contributed by atoms with Gasteiger partial charge in [0.05, 0.1) is 0 Å². The highest BCUT2D eigenvalue weighted by Crippen LogP contribution is 2.24. The quantitative estimate of drug-likeness (QED) is 0.894. The highest BCUT2D eigenvalue weighted by atomic mass is 32.2. The number of nitrogens with one attached hydrogen (secondary N) is 1. The summed E-state index contributed by atoms with van der Waals surface area (Å²) in [6, 6.07) is 4.21. The molecule has 3 rings (SSSR count). The molecule has 0 radical (unpaired) electrons. The average molecular weight is 295 g/mol. The number of hydrogen-bond donors (Lipinski definition) is 1. The molecule has 1 unspecified atom stereocenters. The molecule has 110 valence electrons. The maximum absolute atomic E-state index is 12.5. The van der Waals surface area contributed by atoms with Gasteiger partial charge in [0.25, 0.3) is 10.0 Å². The van der Waals surface area contributed by atoms with Gasteiger partial charge in [-0.1, -0.05) is 6.07 Å². The fraction of sp³-hybridized carbons (Fsp3) is 0.643. The molecule has 1 saturated heterocycles. The van der Waals surface area contributed by atoms with Gasteiger partial charge in [-0.3, -0.25) is 0 Å². The van der Waals surface area contributed by atoms with E-state index < -0.39 is 10.0 Å². The zero-order valence-corrected chi connectivity index (χ0v) is 12.6. The molecule has 1 aromatic heterocycles. The SMILES string of the molecule is CC1CCCN1S(=O)(=O)c1ccc(CNC2CC2)cn1. The van der Waals surface area contributed by atoms with Crippen LogP contribution >= 0.6 is 0 Å². The van der Waals surface area contributed by atoms with Crippen LogP contribution in [0.2, 0.25) is 0 Å². The summed E-state index contributed by atoms with van der Waals surface area (Å²) in [5.41, 5.74) is 1.03. The summed E-state index contributed by atoms with van der Waals surface area (Å²) < 4.78 is 26.5. The average Bonchev–Trinajstić information content (AvgIpc) is 3.17. The minimum atomic E-state index is -3.42. The topological polar surface area (TPSA) is 62.3 Å². The van der Waals surface area contributed by atoms with Gasteiger partial charge in [-0.15, -0.1) is 0 Å². The van der Waals surface area contributed by atoms with Gasteiger partial charge in [-0.2, -0.15) is 4.31 Å². The third kappa shape index (κ3) is 2.87. The summed E-state index contributed by atoms with van der Waals surface area (Å²) in [5, 5.41) is 3.56. The molecule has 5 nitrogen and oxygen atoms in total. The first-order valence-electron chi connectivity index (χ1n) is 7.27. The molecule has 1 atom stereocenters. The largest absolute Gasteiger partial charge is 0.310 e. The van der Waals surface area contributed by atoms with E-state index in [0.29, 0.717) is 12.6 Å². The zero-order valence-electron chi connectivity index (χ0n) is 11.7. The van der Waals surface area contributed by atoms with Gasteiger partial charge in [0.1, 0.15) is 0 Å². The van der Waals surface area contributed by atoms with E-state index in [2.05, 4.69) is 10.3 Å². The van der Waals surface area contributed by atoms with Gasteiger partial charge in [0.15, 0.2) is 5.03 Å². The molecule has 1 aliphatic carbocycles. The molecule has 6 heteroatoms. The van der Waals surface area contributed by atoms with Crippen LogP contribution < -0.4 is 5.32 Å². The Bertz CT molecular complexity index is 567. The normalized spacial score (nSPS) is 24.1. The standard InChI is InChI=1S/C14H21N3O2S/c1-11-3-2-8-17(11)20(18,19)14-7-4-12(10-16-14)9-15-13-5-6-13/h4,7,10-11,13,15H,2-3,5-6,8-9H2,1H3. The number of pyridine rings is 1. The molecule has 1 aromatic rings. The maximum atomic E-state index is 12.5. The molecule has 0 amide bonds. The lowest BCUT2D eigenvalue weighted by Crippen LogP contribution is -2.34. The van der Waals surface area contributed by atoms with Crippen molar-refractivity contribution in [1.29, 1.82) is 0 Å². The molecule has 2 fully saturated rings. The van der Waals surface area contributed by atoms with Crippen molar-refractivity contribution in [1.82, 2.24) is 14.6 Å². The van der Waals surface area contributed by atoms with E-state index in [0.717, 1.165) is 24.9 Å². The van der Waals surface area contributed by atoms with Crippen LogP contribution in [0.5, 0.6) is 0 Å². The summed E-state index contributed by atoms with van der Waals surface area (Å²) >= 11 is 0. The highest BCUT2D eigenvalue weighted by Gasteiger charge is 2.33. The summed E-state index contributed by atoms with van der Waals surface area (Å²) in [4.78, 5) is 4.16. The highest BCUT2D eigenvalue weighted by molar-refractivity contribution is 7.89. The lowest BCUT2D eigenvalue weighted by molar-refractivity contribution is 0.406. The molecule has 1 N–H and O–H groups in total. The predicted octanol–water partition coefficient (Wildman–Crippen LogP) is 1.51. The second-order valence-electron chi connectivity index (χ2n) is 5.77. The van der Waals surface area contributed by atoms with Gasteiger partial charge in [-0.05, 0) is 44.2 Å². The Morgan fingerprint density at radius 1 is 1.35 bits per heavy atom. The second kappa shape index (κ2) is 5.42. The number of nitrogens with zero attached hydrogens (tertiary/aromatic N) is 2. The van der Waals surface area contributed by atoms with E-state index in [1.54, 1.807) is 16.6 Å². The van der Waals surface area contributed by atoms with Crippen molar-refractivity contribution in [2.45, 2.75) is 56.3 Å². The lowest BCUT2D eigenvalue weighted by atomic mass is 10.3. The molecule has 2 aliphatic rings. The van der Waals surface area contributed by atoms with Crippen molar-refractivity contribution < 1.29 is 8.42 Å². The Morgan fingerprint density at radius 2 is 2.15 bits per heavy atom. The predicted molar refractivity (Wildman–Crippen MR) is 76.7 cm³/mol. The van der Waals surface area contributed by atoms with Gasteiger partial charge < -0.3 is 5.32 Å². The van der Waals surface area contributed by atoms with Gasteiger partial charge >= 0.3 is 0 Å². The Labute approximate surface area is 120 Å². The first kappa shape index (κ1) is 14.0. The molecule has 2 heterocycles. The van der Waals surface area contributed by atoms with Crippen molar-refractivity contribution >= 4 is 10.0 Å². The molecule has 20 heavy (non-hydrogen) atoms. The number of aromatic nitrogens is 1. The number of sulfonamides is 1. The molecule has 0 spiro atoms.